The van der Waals surface area contributed by atoms with Crippen LogP contribution in [-0.2, 0) is 57.2 Å². The van der Waals surface area contributed by atoms with Crippen LogP contribution in [0.2, 0.25) is 0 Å². The third kappa shape index (κ3) is 12.0. The molecule has 1 aliphatic heterocycles. The van der Waals surface area contributed by atoms with Crippen molar-refractivity contribution < 1.29 is 81.0 Å². The van der Waals surface area contributed by atoms with Crippen LogP contribution in [0.15, 0.2) is 42.5 Å². The van der Waals surface area contributed by atoms with E-state index in [0.717, 1.165) is 47.6 Å². The molecule has 0 amide bonds. The second-order valence-electron chi connectivity index (χ2n) is 11.1. The molecule has 0 aliphatic carbocycles. The second-order valence-corrected chi connectivity index (χ2v) is 11.1. The summed E-state index contributed by atoms with van der Waals surface area (Å²) in [5.41, 5.74) is 0.501. The van der Waals surface area contributed by atoms with Gasteiger partial charge < -0.3 is 42.6 Å². The SMILES string of the molecule is CC(=O)Oc1ccc(/C=C/C(=O)OCC2OC(Oc3ccc(C(C)=O)cc3OC(C)=O)C(OC(C)=O)C(OC(C)=O)C2OC(C)=O)cc1OC(C)=O. The van der Waals surface area contributed by atoms with Gasteiger partial charge in [0, 0.05) is 53.2 Å². The van der Waals surface area contributed by atoms with Crippen LogP contribution in [0.25, 0.3) is 6.08 Å². The fourth-order valence-corrected chi connectivity index (χ4v) is 4.75. The van der Waals surface area contributed by atoms with Crippen molar-refractivity contribution in [3.63, 3.8) is 0 Å². The first-order valence-electron chi connectivity index (χ1n) is 15.5. The highest BCUT2D eigenvalue weighted by molar-refractivity contribution is 5.95. The largest absolute Gasteiger partial charge is 0.460 e. The number of hydrogen-bond donors (Lipinski definition) is 0. The molecule has 0 radical (unpaired) electrons. The van der Waals surface area contributed by atoms with Gasteiger partial charge in [-0.25, -0.2) is 4.79 Å². The number of ether oxygens (including phenoxy) is 9. The van der Waals surface area contributed by atoms with E-state index in [0.29, 0.717) is 5.56 Å². The maximum atomic E-state index is 12.8. The molecule has 17 nitrogen and oxygen atoms in total. The van der Waals surface area contributed by atoms with Crippen molar-refractivity contribution in [1.82, 2.24) is 0 Å². The molecular weight excluding hydrogens is 692 g/mol. The van der Waals surface area contributed by atoms with Crippen LogP contribution in [0.5, 0.6) is 23.0 Å². The summed E-state index contributed by atoms with van der Waals surface area (Å²) in [6.07, 6.45) is -5.49. The van der Waals surface area contributed by atoms with Crippen molar-refractivity contribution in [3.8, 4) is 23.0 Å². The number of carbonyl (C=O) groups is 8. The number of carbonyl (C=O) groups excluding carboxylic acids is 8. The summed E-state index contributed by atoms with van der Waals surface area (Å²) in [4.78, 5) is 96.3. The van der Waals surface area contributed by atoms with Crippen molar-refractivity contribution in [2.45, 2.75) is 79.2 Å². The predicted octanol–water partition coefficient (Wildman–Crippen LogP) is 2.82. The van der Waals surface area contributed by atoms with Gasteiger partial charge in [0.2, 0.25) is 12.4 Å². The van der Waals surface area contributed by atoms with E-state index in [1.54, 1.807) is 0 Å². The highest BCUT2D eigenvalue weighted by Crippen LogP contribution is 2.35. The molecular formula is C35H36O17. The van der Waals surface area contributed by atoms with E-state index in [9.17, 15) is 38.4 Å². The lowest BCUT2D eigenvalue weighted by molar-refractivity contribution is -0.288. The van der Waals surface area contributed by atoms with Crippen LogP contribution in [0.3, 0.4) is 0 Å². The van der Waals surface area contributed by atoms with Gasteiger partial charge in [0.05, 0.1) is 0 Å². The summed E-state index contributed by atoms with van der Waals surface area (Å²) in [6, 6.07) is 8.03. The first kappa shape index (κ1) is 40.3. The predicted molar refractivity (Wildman–Crippen MR) is 173 cm³/mol. The summed E-state index contributed by atoms with van der Waals surface area (Å²) in [5, 5.41) is 0. The van der Waals surface area contributed by atoms with E-state index in [4.69, 9.17) is 42.6 Å². The van der Waals surface area contributed by atoms with Crippen LogP contribution < -0.4 is 18.9 Å². The smallest absolute Gasteiger partial charge is 0.330 e. The zero-order valence-electron chi connectivity index (χ0n) is 29.2. The van der Waals surface area contributed by atoms with Gasteiger partial charge in [-0.3, -0.25) is 33.6 Å². The average molecular weight is 729 g/mol. The minimum atomic E-state index is -1.67. The molecule has 1 aliphatic rings. The standard InChI is InChI=1S/C35H36O17/c1-17(36)25-10-12-27(29(15-25)47-20(4)39)51-35-34(50-23(7)42)33(49-22(6)41)32(48-21(5)40)30(52-35)16-44-31(43)13-9-24-8-11-26(45-18(2)37)28(14-24)46-19(3)38/h8-15,30,32-35H,16H2,1-7H3/b13-9+. The summed E-state index contributed by atoms with van der Waals surface area (Å²) in [6.45, 7) is 7.21. The maximum absolute atomic E-state index is 12.8. The topological polar surface area (TPSA) is 220 Å². The van der Waals surface area contributed by atoms with Crippen molar-refractivity contribution >= 4 is 53.6 Å². The van der Waals surface area contributed by atoms with Gasteiger partial charge >= 0.3 is 41.8 Å². The number of Topliss-reactive ketones (excluding diaryl/α,β-unsaturated/α-hetero) is 1. The van der Waals surface area contributed by atoms with Crippen LogP contribution >= 0.6 is 0 Å². The van der Waals surface area contributed by atoms with E-state index >= 15 is 0 Å². The number of ketones is 1. The average Bonchev–Trinajstić information content (AvgIpc) is 3.02. The first-order chi connectivity index (χ1) is 24.4. The molecule has 1 saturated heterocycles. The Bertz CT molecular complexity index is 1760. The summed E-state index contributed by atoms with van der Waals surface area (Å²) in [5.74, 6) is -6.51. The third-order valence-corrected chi connectivity index (χ3v) is 6.62. The Kier molecular flexibility index (Phi) is 14.1. The Morgan fingerprint density at radius 2 is 1.12 bits per heavy atom. The molecule has 0 spiro atoms. The van der Waals surface area contributed by atoms with E-state index < -0.39 is 79.1 Å². The minimum Gasteiger partial charge on any atom is -0.460 e. The molecule has 0 bridgehead atoms. The van der Waals surface area contributed by atoms with Gasteiger partial charge in [-0.1, -0.05) is 6.07 Å². The Morgan fingerprint density at radius 3 is 1.67 bits per heavy atom. The maximum Gasteiger partial charge on any atom is 0.330 e. The van der Waals surface area contributed by atoms with E-state index in [2.05, 4.69) is 0 Å². The van der Waals surface area contributed by atoms with Crippen molar-refractivity contribution in [1.29, 1.82) is 0 Å². The Balaban J connectivity index is 1.96. The van der Waals surface area contributed by atoms with Gasteiger partial charge in [0.25, 0.3) is 0 Å². The molecule has 5 unspecified atom stereocenters. The molecule has 2 aromatic rings. The normalized spacial score (nSPS) is 19.4. The highest BCUT2D eigenvalue weighted by atomic mass is 16.7. The molecule has 3 rings (SSSR count). The monoisotopic (exact) mass is 728 g/mol. The number of rotatable bonds is 13. The lowest BCUT2D eigenvalue weighted by Crippen LogP contribution is -2.63. The fourth-order valence-electron chi connectivity index (χ4n) is 4.75. The molecule has 0 aromatic heterocycles. The Hall–Kier alpha value is -6.10. The fraction of sp³-hybridized carbons (Fsp3) is 0.371. The van der Waals surface area contributed by atoms with Crippen LogP contribution in [0.1, 0.15) is 64.4 Å². The summed E-state index contributed by atoms with van der Waals surface area (Å²) >= 11 is 0. The molecule has 0 saturated carbocycles. The van der Waals surface area contributed by atoms with Gasteiger partial charge in [-0.15, -0.1) is 0 Å². The summed E-state index contributed by atoms with van der Waals surface area (Å²) in [7, 11) is 0. The van der Waals surface area contributed by atoms with E-state index in [-0.39, 0.29) is 34.3 Å². The van der Waals surface area contributed by atoms with Crippen molar-refractivity contribution in [3.05, 3.63) is 53.6 Å². The van der Waals surface area contributed by atoms with Gasteiger partial charge in [-0.2, -0.15) is 0 Å². The molecule has 1 fully saturated rings. The molecule has 2 aromatic carbocycles. The van der Waals surface area contributed by atoms with Crippen LogP contribution in [0, 0.1) is 0 Å². The number of esters is 7. The van der Waals surface area contributed by atoms with Crippen molar-refractivity contribution in [2.24, 2.45) is 0 Å². The Morgan fingerprint density at radius 1 is 0.596 bits per heavy atom. The van der Waals surface area contributed by atoms with Gasteiger partial charge in [0.15, 0.2) is 41.0 Å². The molecule has 17 heteroatoms. The van der Waals surface area contributed by atoms with Crippen LogP contribution in [0.4, 0.5) is 0 Å². The zero-order valence-corrected chi connectivity index (χ0v) is 29.2. The van der Waals surface area contributed by atoms with Crippen LogP contribution in [-0.4, -0.2) is 84.9 Å². The van der Waals surface area contributed by atoms with Crippen molar-refractivity contribution in [2.75, 3.05) is 6.61 Å². The lowest BCUT2D eigenvalue weighted by atomic mass is 9.98. The first-order valence-corrected chi connectivity index (χ1v) is 15.5. The summed E-state index contributed by atoms with van der Waals surface area (Å²) < 4.78 is 48.9. The second kappa shape index (κ2) is 18.2. The number of benzene rings is 2. The molecule has 0 N–H and O–H groups in total. The molecule has 52 heavy (non-hydrogen) atoms. The van der Waals surface area contributed by atoms with E-state index in [1.165, 1.54) is 49.4 Å². The molecule has 1 heterocycles. The molecule has 278 valence electrons. The van der Waals surface area contributed by atoms with E-state index in [1.807, 2.05) is 0 Å². The lowest BCUT2D eigenvalue weighted by Gasteiger charge is -2.44. The number of hydrogen-bond acceptors (Lipinski definition) is 17. The zero-order chi connectivity index (χ0) is 38.7. The molecule has 5 atom stereocenters. The quantitative estimate of drug-likeness (QED) is 0.0951. The Labute approximate surface area is 297 Å². The van der Waals surface area contributed by atoms with Gasteiger partial charge in [-0.05, 0) is 48.9 Å². The highest BCUT2D eigenvalue weighted by Gasteiger charge is 2.53. The third-order valence-electron chi connectivity index (χ3n) is 6.62. The van der Waals surface area contributed by atoms with Gasteiger partial charge in [0.1, 0.15) is 12.7 Å². The minimum absolute atomic E-state index is 0.0330.